The Labute approximate surface area is 274 Å². The standard InChI is InChI=1S/C33H27Br2N3O5S/c1-18(2)43-32(40)29-19(3)37-33-38(30(29)25-15-24(35)10-12-27(25)41-4)31(39)28(44-33)14-22-13-23(34)9-11-26(22)42-17-21-8-6-5-7-20(21)16-36/h5-15,18,30H,17H2,1-4H3/b28-14-/t30-/m0/s1. The van der Waals surface area contributed by atoms with Crippen LogP contribution in [0.5, 0.6) is 11.5 Å². The first-order valence-electron chi connectivity index (χ1n) is 13.6. The van der Waals surface area contributed by atoms with Crippen LogP contribution in [0.4, 0.5) is 0 Å². The van der Waals surface area contributed by atoms with Gasteiger partial charge in [0.2, 0.25) is 0 Å². The molecule has 0 saturated carbocycles. The van der Waals surface area contributed by atoms with Gasteiger partial charge in [-0.05, 0) is 69.3 Å². The van der Waals surface area contributed by atoms with Crippen molar-refractivity contribution in [3.05, 3.63) is 123 Å². The van der Waals surface area contributed by atoms with Crippen LogP contribution in [-0.4, -0.2) is 23.8 Å². The Bertz CT molecular complexity index is 2020. The van der Waals surface area contributed by atoms with Crippen molar-refractivity contribution in [3.8, 4) is 17.6 Å². The molecule has 2 heterocycles. The second-order valence-electron chi connectivity index (χ2n) is 10.2. The van der Waals surface area contributed by atoms with E-state index in [0.29, 0.717) is 43.2 Å². The van der Waals surface area contributed by atoms with Crippen molar-refractivity contribution in [3.63, 3.8) is 0 Å². The van der Waals surface area contributed by atoms with Gasteiger partial charge in [-0.1, -0.05) is 61.4 Å². The van der Waals surface area contributed by atoms with E-state index in [-0.39, 0.29) is 23.8 Å². The van der Waals surface area contributed by atoms with Gasteiger partial charge in [-0.3, -0.25) is 9.36 Å². The van der Waals surface area contributed by atoms with Crippen LogP contribution in [0.1, 0.15) is 49.1 Å². The molecule has 1 atom stereocenters. The van der Waals surface area contributed by atoms with E-state index in [0.717, 1.165) is 14.5 Å². The van der Waals surface area contributed by atoms with Crippen molar-refractivity contribution >= 4 is 55.2 Å². The van der Waals surface area contributed by atoms with Gasteiger partial charge in [-0.15, -0.1) is 0 Å². The summed E-state index contributed by atoms with van der Waals surface area (Å²) in [6.07, 6.45) is 1.38. The van der Waals surface area contributed by atoms with Crippen LogP contribution in [0.25, 0.3) is 6.08 Å². The number of carbonyl (C=O) groups excluding carboxylic acids is 1. The third-order valence-electron chi connectivity index (χ3n) is 6.85. The Kier molecular flexibility index (Phi) is 9.53. The number of nitriles is 1. The minimum Gasteiger partial charge on any atom is -0.496 e. The first kappa shape index (κ1) is 31.4. The molecule has 0 fully saturated rings. The highest BCUT2D eigenvalue weighted by molar-refractivity contribution is 9.10. The molecule has 8 nitrogen and oxygen atoms in total. The number of allylic oxidation sites excluding steroid dienone is 1. The van der Waals surface area contributed by atoms with E-state index in [1.807, 2.05) is 36.4 Å². The summed E-state index contributed by atoms with van der Waals surface area (Å²) in [5, 5.41) is 9.47. The minimum absolute atomic E-state index is 0.177. The van der Waals surface area contributed by atoms with Gasteiger partial charge in [0, 0.05) is 25.6 Å². The fourth-order valence-corrected chi connectivity index (χ4v) is 6.68. The summed E-state index contributed by atoms with van der Waals surface area (Å²) in [6.45, 7) is 5.46. The number of halogens is 2. The van der Waals surface area contributed by atoms with Crippen LogP contribution in [0.2, 0.25) is 0 Å². The van der Waals surface area contributed by atoms with Crippen molar-refractivity contribution in [1.82, 2.24) is 4.57 Å². The maximum Gasteiger partial charge on any atom is 0.338 e. The second kappa shape index (κ2) is 13.3. The summed E-state index contributed by atoms with van der Waals surface area (Å²) in [5.41, 5.74) is 2.94. The highest BCUT2D eigenvalue weighted by Gasteiger charge is 2.35. The van der Waals surface area contributed by atoms with Gasteiger partial charge < -0.3 is 14.2 Å². The van der Waals surface area contributed by atoms with Gasteiger partial charge in [0.1, 0.15) is 24.1 Å². The Morgan fingerprint density at radius 2 is 1.82 bits per heavy atom. The lowest BCUT2D eigenvalue weighted by Gasteiger charge is -2.26. The van der Waals surface area contributed by atoms with Gasteiger partial charge in [0.05, 0.1) is 40.6 Å². The molecule has 1 aliphatic rings. The molecule has 3 aromatic carbocycles. The van der Waals surface area contributed by atoms with Crippen LogP contribution in [0.15, 0.2) is 90.7 Å². The van der Waals surface area contributed by atoms with E-state index in [4.69, 9.17) is 14.2 Å². The Morgan fingerprint density at radius 1 is 1.11 bits per heavy atom. The van der Waals surface area contributed by atoms with Gasteiger partial charge in [0.15, 0.2) is 4.80 Å². The lowest BCUT2D eigenvalue weighted by molar-refractivity contribution is -0.143. The van der Waals surface area contributed by atoms with Crippen LogP contribution in [-0.2, 0) is 16.1 Å². The summed E-state index contributed by atoms with van der Waals surface area (Å²) < 4.78 is 20.9. The largest absolute Gasteiger partial charge is 0.496 e. The second-order valence-corrected chi connectivity index (χ2v) is 13.0. The van der Waals surface area contributed by atoms with Crippen molar-refractivity contribution < 1.29 is 19.0 Å². The van der Waals surface area contributed by atoms with E-state index in [9.17, 15) is 14.9 Å². The first-order valence-corrected chi connectivity index (χ1v) is 16.0. The third-order valence-corrected chi connectivity index (χ3v) is 8.82. The third kappa shape index (κ3) is 6.43. The maximum atomic E-state index is 14.2. The molecule has 1 aliphatic heterocycles. The number of carbonyl (C=O) groups is 1. The van der Waals surface area contributed by atoms with Crippen LogP contribution >= 0.6 is 43.2 Å². The molecule has 0 bridgehead atoms. The SMILES string of the molecule is COc1ccc(Br)cc1[C@H]1C(C(=O)OC(C)C)=C(C)N=c2s/c(=C\c3cc(Br)ccc3OCc3ccccc3C#N)c(=O)n21. The lowest BCUT2D eigenvalue weighted by Crippen LogP contribution is -2.40. The average Bonchev–Trinajstić information content (AvgIpc) is 3.29. The number of thiazole rings is 1. The van der Waals surface area contributed by atoms with E-state index in [2.05, 4.69) is 42.9 Å². The zero-order valence-corrected chi connectivity index (χ0v) is 28.2. The molecular formula is C33H27Br2N3O5S. The van der Waals surface area contributed by atoms with Gasteiger partial charge in [-0.2, -0.15) is 5.26 Å². The molecule has 44 heavy (non-hydrogen) atoms. The summed E-state index contributed by atoms with van der Waals surface area (Å²) >= 11 is 8.27. The number of rotatable bonds is 8. The van der Waals surface area contributed by atoms with Crippen LogP contribution in [0, 0.1) is 11.3 Å². The Balaban J connectivity index is 1.66. The normalized spacial score (nSPS) is 14.6. The Morgan fingerprint density at radius 3 is 2.52 bits per heavy atom. The number of nitrogens with zero attached hydrogens (tertiary/aromatic N) is 3. The molecule has 0 radical (unpaired) electrons. The van der Waals surface area contributed by atoms with Crippen LogP contribution in [0.3, 0.4) is 0 Å². The number of aromatic nitrogens is 1. The zero-order valence-electron chi connectivity index (χ0n) is 24.3. The summed E-state index contributed by atoms with van der Waals surface area (Å²) in [5.74, 6) is 0.495. The number of fused-ring (bicyclic) bond motifs is 1. The van der Waals surface area contributed by atoms with Crippen molar-refractivity contribution in [2.75, 3.05) is 7.11 Å². The van der Waals surface area contributed by atoms with E-state index < -0.39 is 12.0 Å². The first-order chi connectivity index (χ1) is 21.1. The smallest absolute Gasteiger partial charge is 0.338 e. The predicted molar refractivity (Wildman–Crippen MR) is 175 cm³/mol. The molecule has 1 aromatic heterocycles. The van der Waals surface area contributed by atoms with E-state index >= 15 is 0 Å². The molecule has 4 aromatic rings. The molecule has 0 spiro atoms. The highest BCUT2D eigenvalue weighted by Crippen LogP contribution is 2.37. The minimum atomic E-state index is -0.840. The molecule has 224 valence electrons. The molecule has 0 amide bonds. The number of hydrogen-bond acceptors (Lipinski definition) is 8. The van der Waals surface area contributed by atoms with Crippen molar-refractivity contribution in [2.24, 2.45) is 4.99 Å². The Hall–Kier alpha value is -3.98. The number of esters is 1. The summed E-state index contributed by atoms with van der Waals surface area (Å²) in [6, 6.07) is 19.6. The average molecular weight is 737 g/mol. The van der Waals surface area contributed by atoms with Gasteiger partial charge >= 0.3 is 5.97 Å². The molecular weight excluding hydrogens is 710 g/mol. The van der Waals surface area contributed by atoms with Crippen molar-refractivity contribution in [1.29, 1.82) is 5.26 Å². The predicted octanol–water partition coefficient (Wildman–Crippen LogP) is 6.17. The van der Waals surface area contributed by atoms with E-state index in [1.165, 1.54) is 15.9 Å². The molecule has 0 N–H and O–H groups in total. The van der Waals surface area contributed by atoms with Crippen LogP contribution < -0.4 is 24.4 Å². The summed E-state index contributed by atoms with van der Waals surface area (Å²) in [7, 11) is 1.54. The number of ether oxygens (including phenoxy) is 3. The highest BCUT2D eigenvalue weighted by atomic mass is 79.9. The number of hydrogen-bond donors (Lipinski definition) is 0. The molecule has 0 saturated heterocycles. The van der Waals surface area contributed by atoms with Crippen molar-refractivity contribution in [2.45, 2.75) is 39.5 Å². The fraction of sp³-hybridized carbons (Fsp3) is 0.212. The molecule has 0 unspecified atom stereocenters. The van der Waals surface area contributed by atoms with E-state index in [1.54, 1.807) is 58.2 Å². The molecule has 11 heteroatoms. The lowest BCUT2D eigenvalue weighted by atomic mass is 9.95. The molecule has 0 aliphatic carbocycles. The van der Waals surface area contributed by atoms with Gasteiger partial charge in [-0.25, -0.2) is 9.79 Å². The quantitative estimate of drug-likeness (QED) is 0.201. The maximum absolute atomic E-state index is 14.2. The number of methoxy groups -OCH3 is 1. The fourth-order valence-electron chi connectivity index (χ4n) is 4.89. The number of benzene rings is 3. The molecule has 5 rings (SSSR count). The van der Waals surface area contributed by atoms with Gasteiger partial charge in [0.25, 0.3) is 5.56 Å². The summed E-state index contributed by atoms with van der Waals surface area (Å²) in [4.78, 5) is 32.8. The zero-order chi connectivity index (χ0) is 31.5. The monoisotopic (exact) mass is 735 g/mol. The topological polar surface area (TPSA) is 103 Å².